The van der Waals surface area contributed by atoms with Crippen LogP contribution in [0.15, 0.2) is 16.7 Å². The van der Waals surface area contributed by atoms with Crippen molar-refractivity contribution in [2.45, 2.75) is 26.3 Å². The third-order valence-corrected chi connectivity index (χ3v) is 3.75. The lowest BCUT2D eigenvalue weighted by molar-refractivity contribution is 0.0946. The minimum Gasteiger partial charge on any atom is -0.452 e. The van der Waals surface area contributed by atoms with Gasteiger partial charge >= 0.3 is 0 Å². The maximum Gasteiger partial charge on any atom is 0.256 e. The zero-order chi connectivity index (χ0) is 13.1. The van der Waals surface area contributed by atoms with E-state index in [1.165, 1.54) is 6.26 Å². The smallest absolute Gasteiger partial charge is 0.256 e. The van der Waals surface area contributed by atoms with Crippen LogP contribution in [-0.2, 0) is 0 Å². The summed E-state index contributed by atoms with van der Waals surface area (Å²) < 4.78 is 4.90. The van der Waals surface area contributed by atoms with E-state index in [1.807, 2.05) is 0 Å². The highest BCUT2D eigenvalue weighted by molar-refractivity contribution is 6.32. The van der Waals surface area contributed by atoms with Crippen LogP contribution in [0.4, 0.5) is 0 Å². The highest BCUT2D eigenvalue weighted by Gasteiger charge is 2.24. The second-order valence-corrected chi connectivity index (χ2v) is 5.40. The molecule has 1 atom stereocenters. The van der Waals surface area contributed by atoms with Gasteiger partial charge in [0.15, 0.2) is 0 Å². The van der Waals surface area contributed by atoms with E-state index in [9.17, 15) is 4.79 Å². The Kier molecular flexibility index (Phi) is 4.30. The molecule has 1 N–H and O–H groups in total. The van der Waals surface area contributed by atoms with E-state index in [-0.39, 0.29) is 11.1 Å². The predicted molar refractivity (Wildman–Crippen MR) is 70.9 cm³/mol. The van der Waals surface area contributed by atoms with E-state index < -0.39 is 0 Å². The first kappa shape index (κ1) is 13.4. The van der Waals surface area contributed by atoms with Crippen molar-refractivity contribution in [2.75, 3.05) is 19.6 Å². The van der Waals surface area contributed by atoms with Gasteiger partial charge in [-0.15, -0.1) is 0 Å². The van der Waals surface area contributed by atoms with Crippen LogP contribution in [0.1, 0.15) is 30.6 Å². The molecule has 1 aliphatic rings. The number of rotatable bonds is 4. The minimum absolute atomic E-state index is 0.155. The monoisotopic (exact) mass is 270 g/mol. The van der Waals surface area contributed by atoms with Crippen molar-refractivity contribution in [3.8, 4) is 0 Å². The number of hydrogen-bond donors (Lipinski definition) is 1. The molecule has 2 heterocycles. The Morgan fingerprint density at radius 3 is 3.00 bits per heavy atom. The van der Waals surface area contributed by atoms with E-state index in [4.69, 9.17) is 16.0 Å². The SMILES string of the molecule is CC(C)N1CCC(CNC(=O)c2ccoc2Cl)C1. The summed E-state index contributed by atoms with van der Waals surface area (Å²) in [6.45, 7) is 7.27. The molecule has 4 nitrogen and oxygen atoms in total. The normalized spacial score (nSPS) is 20.6. The van der Waals surface area contributed by atoms with Crippen LogP contribution in [-0.4, -0.2) is 36.5 Å². The molecule has 18 heavy (non-hydrogen) atoms. The van der Waals surface area contributed by atoms with Gasteiger partial charge in [0.25, 0.3) is 5.91 Å². The van der Waals surface area contributed by atoms with E-state index in [1.54, 1.807) is 6.07 Å². The van der Waals surface area contributed by atoms with Crippen molar-refractivity contribution >= 4 is 17.5 Å². The van der Waals surface area contributed by atoms with Gasteiger partial charge < -0.3 is 14.6 Å². The molecule has 1 amide bonds. The van der Waals surface area contributed by atoms with Crippen LogP contribution in [0.2, 0.25) is 5.22 Å². The zero-order valence-electron chi connectivity index (χ0n) is 10.8. The first-order valence-corrected chi connectivity index (χ1v) is 6.71. The molecule has 1 aromatic heterocycles. The van der Waals surface area contributed by atoms with Crippen molar-refractivity contribution in [3.05, 3.63) is 23.1 Å². The van der Waals surface area contributed by atoms with E-state index in [2.05, 4.69) is 24.1 Å². The van der Waals surface area contributed by atoms with Crippen LogP contribution in [0.25, 0.3) is 0 Å². The van der Waals surface area contributed by atoms with Crippen molar-refractivity contribution < 1.29 is 9.21 Å². The third-order valence-electron chi connectivity index (χ3n) is 3.46. The van der Waals surface area contributed by atoms with Gasteiger partial charge in [-0.25, -0.2) is 0 Å². The molecular formula is C13H19ClN2O2. The largest absolute Gasteiger partial charge is 0.452 e. The number of hydrogen-bond acceptors (Lipinski definition) is 3. The molecule has 1 aromatic rings. The second kappa shape index (κ2) is 5.76. The number of nitrogens with one attached hydrogen (secondary N) is 1. The summed E-state index contributed by atoms with van der Waals surface area (Å²) in [7, 11) is 0. The summed E-state index contributed by atoms with van der Waals surface area (Å²) in [5.74, 6) is 0.374. The summed E-state index contributed by atoms with van der Waals surface area (Å²) in [5, 5.41) is 3.07. The van der Waals surface area contributed by atoms with Crippen molar-refractivity contribution in [1.29, 1.82) is 0 Å². The van der Waals surface area contributed by atoms with Gasteiger partial charge in [-0.2, -0.15) is 0 Å². The Labute approximate surface area is 112 Å². The number of carbonyl (C=O) groups is 1. The Morgan fingerprint density at radius 1 is 1.67 bits per heavy atom. The molecule has 1 aliphatic heterocycles. The first-order chi connectivity index (χ1) is 8.58. The van der Waals surface area contributed by atoms with Crippen LogP contribution in [0.5, 0.6) is 0 Å². The number of carbonyl (C=O) groups excluding carboxylic acids is 1. The van der Waals surface area contributed by atoms with E-state index in [0.29, 0.717) is 24.1 Å². The summed E-state index contributed by atoms with van der Waals surface area (Å²) in [6.07, 6.45) is 2.56. The number of furan rings is 1. The molecule has 100 valence electrons. The lowest BCUT2D eigenvalue weighted by Gasteiger charge is -2.20. The minimum atomic E-state index is -0.156. The Balaban J connectivity index is 1.79. The van der Waals surface area contributed by atoms with Gasteiger partial charge in [-0.1, -0.05) is 0 Å². The molecule has 0 bridgehead atoms. The Bertz CT molecular complexity index is 417. The Hall–Kier alpha value is -1.00. The lowest BCUT2D eigenvalue weighted by atomic mass is 10.1. The number of halogens is 1. The fraction of sp³-hybridized carbons (Fsp3) is 0.615. The summed E-state index contributed by atoms with van der Waals surface area (Å²) in [5.41, 5.74) is 0.412. The van der Waals surface area contributed by atoms with Crippen LogP contribution < -0.4 is 5.32 Å². The molecule has 0 spiro atoms. The predicted octanol–water partition coefficient (Wildman–Crippen LogP) is 2.39. The van der Waals surface area contributed by atoms with Crippen LogP contribution >= 0.6 is 11.6 Å². The number of likely N-dealkylation sites (tertiary alicyclic amines) is 1. The molecule has 2 rings (SSSR count). The maximum absolute atomic E-state index is 11.8. The molecule has 1 saturated heterocycles. The van der Waals surface area contributed by atoms with Crippen LogP contribution in [0.3, 0.4) is 0 Å². The van der Waals surface area contributed by atoms with Gasteiger partial charge in [0.1, 0.15) is 0 Å². The second-order valence-electron chi connectivity index (χ2n) is 5.06. The molecule has 0 radical (unpaired) electrons. The fourth-order valence-electron chi connectivity index (χ4n) is 2.29. The zero-order valence-corrected chi connectivity index (χ0v) is 11.5. The average molecular weight is 271 g/mol. The molecule has 0 aromatic carbocycles. The van der Waals surface area contributed by atoms with E-state index in [0.717, 1.165) is 19.5 Å². The maximum atomic E-state index is 11.8. The topological polar surface area (TPSA) is 45.5 Å². The van der Waals surface area contributed by atoms with E-state index >= 15 is 0 Å². The molecule has 1 unspecified atom stereocenters. The summed E-state index contributed by atoms with van der Waals surface area (Å²) in [4.78, 5) is 14.3. The first-order valence-electron chi connectivity index (χ1n) is 6.33. The molecular weight excluding hydrogens is 252 g/mol. The number of amides is 1. The van der Waals surface area contributed by atoms with Crippen molar-refractivity contribution in [2.24, 2.45) is 5.92 Å². The van der Waals surface area contributed by atoms with Gasteiger partial charge in [0, 0.05) is 19.1 Å². The lowest BCUT2D eigenvalue weighted by Crippen LogP contribution is -2.32. The van der Waals surface area contributed by atoms with Crippen LogP contribution in [0, 0.1) is 5.92 Å². The van der Waals surface area contributed by atoms with Gasteiger partial charge in [0.05, 0.1) is 11.8 Å². The highest BCUT2D eigenvalue weighted by atomic mass is 35.5. The van der Waals surface area contributed by atoms with Gasteiger partial charge in [-0.3, -0.25) is 4.79 Å². The fourth-order valence-corrected chi connectivity index (χ4v) is 2.49. The third kappa shape index (κ3) is 3.06. The average Bonchev–Trinajstić information content (AvgIpc) is 2.94. The highest BCUT2D eigenvalue weighted by Crippen LogP contribution is 2.19. The Morgan fingerprint density at radius 2 is 2.44 bits per heavy atom. The van der Waals surface area contributed by atoms with Crippen molar-refractivity contribution in [3.63, 3.8) is 0 Å². The summed E-state index contributed by atoms with van der Waals surface area (Å²) in [6, 6.07) is 2.17. The summed E-state index contributed by atoms with van der Waals surface area (Å²) >= 11 is 5.76. The number of nitrogens with zero attached hydrogens (tertiary/aromatic N) is 1. The van der Waals surface area contributed by atoms with Crippen molar-refractivity contribution in [1.82, 2.24) is 10.2 Å². The quantitative estimate of drug-likeness (QED) is 0.914. The molecule has 0 aliphatic carbocycles. The molecule has 1 fully saturated rings. The standard InChI is InChI=1S/C13H19ClN2O2/c1-9(2)16-5-3-10(8-16)7-15-13(17)11-4-6-18-12(11)14/h4,6,9-10H,3,5,7-8H2,1-2H3,(H,15,17). The van der Waals surface area contributed by atoms with Gasteiger partial charge in [-0.05, 0) is 50.4 Å². The molecule has 0 saturated carbocycles. The van der Waals surface area contributed by atoms with Gasteiger partial charge in [0.2, 0.25) is 5.22 Å². The molecule has 5 heteroatoms.